The van der Waals surface area contributed by atoms with E-state index in [1.54, 1.807) is 12.1 Å². The van der Waals surface area contributed by atoms with Crippen LogP contribution < -0.4 is 10.6 Å². The van der Waals surface area contributed by atoms with Crippen LogP contribution in [-0.2, 0) is 9.53 Å². The number of hydrogen-bond donors (Lipinski definition) is 2. The summed E-state index contributed by atoms with van der Waals surface area (Å²) >= 11 is 1.06. The Morgan fingerprint density at radius 2 is 2.08 bits per heavy atom. The molecule has 0 saturated heterocycles. The summed E-state index contributed by atoms with van der Waals surface area (Å²) in [6, 6.07) is 6.26. The van der Waals surface area contributed by atoms with Crippen LogP contribution in [0.2, 0.25) is 0 Å². The second-order valence-corrected chi connectivity index (χ2v) is 5.96. The molecule has 0 unspecified atom stereocenters. The van der Waals surface area contributed by atoms with Gasteiger partial charge in [0.25, 0.3) is 11.8 Å². The van der Waals surface area contributed by atoms with Crippen molar-refractivity contribution in [3.63, 3.8) is 0 Å². The molecule has 2 aromatic rings. The molecule has 2 rings (SSSR count). The summed E-state index contributed by atoms with van der Waals surface area (Å²) < 4.78 is 9.92. The van der Waals surface area contributed by atoms with Gasteiger partial charge in [-0.3, -0.25) is 9.59 Å². The van der Waals surface area contributed by atoms with E-state index in [9.17, 15) is 14.4 Å². The van der Waals surface area contributed by atoms with Crippen molar-refractivity contribution in [1.29, 1.82) is 0 Å². The van der Waals surface area contributed by atoms with E-state index in [0.717, 1.165) is 24.2 Å². The molecular formula is C16H18N2O5S. The molecule has 0 aliphatic heterocycles. The number of amides is 2. The third-order valence-corrected chi connectivity index (χ3v) is 3.96. The Balaban J connectivity index is 1.80. The monoisotopic (exact) mass is 350 g/mol. The molecule has 128 valence electrons. The minimum Gasteiger partial charge on any atom is -0.459 e. The van der Waals surface area contributed by atoms with Crippen LogP contribution >= 0.6 is 11.3 Å². The summed E-state index contributed by atoms with van der Waals surface area (Å²) in [5, 5.41) is 5.76. The molecule has 8 heteroatoms. The van der Waals surface area contributed by atoms with Crippen molar-refractivity contribution >= 4 is 34.1 Å². The van der Waals surface area contributed by atoms with Gasteiger partial charge in [-0.05, 0) is 30.7 Å². The van der Waals surface area contributed by atoms with Gasteiger partial charge in [0.2, 0.25) is 0 Å². The number of ether oxygens (including phenoxy) is 1. The maximum atomic E-state index is 11.9. The second-order valence-electron chi connectivity index (χ2n) is 4.87. The molecule has 0 radical (unpaired) electrons. The number of anilines is 1. The highest BCUT2D eigenvalue weighted by Crippen LogP contribution is 2.23. The van der Waals surface area contributed by atoms with Crippen LogP contribution in [-0.4, -0.2) is 30.9 Å². The van der Waals surface area contributed by atoms with Crippen molar-refractivity contribution in [2.75, 3.05) is 18.5 Å². The van der Waals surface area contributed by atoms with E-state index in [1.165, 1.54) is 18.4 Å². The highest BCUT2D eigenvalue weighted by molar-refractivity contribution is 7.18. The van der Waals surface area contributed by atoms with Crippen LogP contribution in [0.15, 0.2) is 34.9 Å². The lowest BCUT2D eigenvalue weighted by molar-refractivity contribution is -0.124. The molecular weight excluding hydrogens is 332 g/mol. The Bertz CT molecular complexity index is 693. The highest BCUT2D eigenvalue weighted by atomic mass is 32.1. The first-order chi connectivity index (χ1) is 11.6. The molecule has 2 heterocycles. The van der Waals surface area contributed by atoms with Crippen molar-refractivity contribution in [1.82, 2.24) is 5.32 Å². The van der Waals surface area contributed by atoms with E-state index in [2.05, 4.69) is 10.6 Å². The second kappa shape index (κ2) is 8.88. The normalized spacial score (nSPS) is 10.2. The SMILES string of the molecule is CCCCNC(=O)COC(=O)c1ccc(NC(=O)c2ccco2)s1. The molecule has 24 heavy (non-hydrogen) atoms. The average Bonchev–Trinajstić information content (AvgIpc) is 3.24. The Morgan fingerprint density at radius 3 is 2.79 bits per heavy atom. The fraction of sp³-hybridized carbons (Fsp3) is 0.312. The van der Waals surface area contributed by atoms with Gasteiger partial charge in [0.1, 0.15) is 4.88 Å². The molecule has 0 aromatic carbocycles. The Morgan fingerprint density at radius 1 is 1.25 bits per heavy atom. The molecule has 0 spiro atoms. The topological polar surface area (TPSA) is 97.6 Å². The van der Waals surface area contributed by atoms with Gasteiger partial charge in [0, 0.05) is 6.54 Å². The summed E-state index contributed by atoms with van der Waals surface area (Å²) in [5.74, 6) is -1.17. The van der Waals surface area contributed by atoms with Crippen LogP contribution in [0.5, 0.6) is 0 Å². The van der Waals surface area contributed by atoms with E-state index in [1.807, 2.05) is 6.92 Å². The maximum Gasteiger partial charge on any atom is 0.348 e. The minimum absolute atomic E-state index is 0.177. The Kier molecular flexibility index (Phi) is 6.56. The van der Waals surface area contributed by atoms with Crippen molar-refractivity contribution in [3.05, 3.63) is 41.2 Å². The maximum absolute atomic E-state index is 11.9. The lowest BCUT2D eigenvalue weighted by Gasteiger charge is -2.04. The minimum atomic E-state index is -0.607. The molecule has 2 amide bonds. The number of thiophene rings is 1. The van der Waals surface area contributed by atoms with Gasteiger partial charge in [-0.2, -0.15) is 0 Å². The summed E-state index contributed by atoms with van der Waals surface area (Å²) in [6.45, 7) is 2.26. The van der Waals surface area contributed by atoms with Crippen molar-refractivity contribution < 1.29 is 23.5 Å². The van der Waals surface area contributed by atoms with Gasteiger partial charge in [0.15, 0.2) is 12.4 Å². The van der Waals surface area contributed by atoms with E-state index in [0.29, 0.717) is 16.4 Å². The summed E-state index contributed by atoms with van der Waals surface area (Å²) in [6.07, 6.45) is 3.25. The van der Waals surface area contributed by atoms with Gasteiger partial charge >= 0.3 is 5.97 Å². The standard InChI is InChI=1S/C16H18N2O5S/c1-2-3-8-17-13(19)10-23-16(21)12-6-7-14(24-12)18-15(20)11-5-4-9-22-11/h4-7,9H,2-3,8,10H2,1H3,(H,17,19)(H,18,20). The van der Waals surface area contributed by atoms with Gasteiger partial charge in [0.05, 0.1) is 11.3 Å². The Labute approximate surface area is 143 Å². The highest BCUT2D eigenvalue weighted by Gasteiger charge is 2.15. The van der Waals surface area contributed by atoms with Crippen LogP contribution in [0, 0.1) is 0 Å². The first-order valence-electron chi connectivity index (χ1n) is 7.48. The number of carbonyl (C=O) groups excluding carboxylic acids is 3. The Hall–Kier alpha value is -2.61. The van der Waals surface area contributed by atoms with E-state index < -0.39 is 11.9 Å². The van der Waals surface area contributed by atoms with Gasteiger partial charge in [-0.25, -0.2) is 4.79 Å². The smallest absolute Gasteiger partial charge is 0.348 e. The third kappa shape index (κ3) is 5.24. The summed E-state index contributed by atoms with van der Waals surface area (Å²) in [4.78, 5) is 35.5. The molecule has 0 aliphatic rings. The summed E-state index contributed by atoms with van der Waals surface area (Å²) in [7, 11) is 0. The van der Waals surface area contributed by atoms with Gasteiger partial charge in [-0.15, -0.1) is 11.3 Å². The quantitative estimate of drug-likeness (QED) is 0.563. The number of esters is 1. The molecule has 0 atom stereocenters. The third-order valence-electron chi connectivity index (χ3n) is 2.98. The first-order valence-corrected chi connectivity index (χ1v) is 8.30. The zero-order chi connectivity index (χ0) is 17.4. The lowest BCUT2D eigenvalue weighted by atomic mass is 10.3. The van der Waals surface area contributed by atoms with Crippen LogP contribution in [0.1, 0.15) is 40.0 Å². The molecule has 0 saturated carbocycles. The van der Waals surface area contributed by atoms with Crippen molar-refractivity contribution in [3.8, 4) is 0 Å². The fourth-order valence-corrected chi connectivity index (χ4v) is 2.55. The molecule has 7 nitrogen and oxygen atoms in total. The van der Waals surface area contributed by atoms with E-state index in [4.69, 9.17) is 9.15 Å². The lowest BCUT2D eigenvalue weighted by Crippen LogP contribution is -2.29. The molecule has 2 N–H and O–H groups in total. The van der Waals surface area contributed by atoms with Gasteiger partial charge < -0.3 is 19.8 Å². The fourth-order valence-electron chi connectivity index (χ4n) is 1.75. The summed E-state index contributed by atoms with van der Waals surface area (Å²) in [5.41, 5.74) is 0. The molecule has 0 aliphatic carbocycles. The number of rotatable bonds is 8. The first kappa shape index (κ1) is 17.7. The number of carbonyl (C=O) groups is 3. The number of nitrogens with one attached hydrogen (secondary N) is 2. The zero-order valence-corrected chi connectivity index (χ0v) is 14.0. The average molecular weight is 350 g/mol. The van der Waals surface area contributed by atoms with E-state index >= 15 is 0 Å². The number of hydrogen-bond acceptors (Lipinski definition) is 6. The van der Waals surface area contributed by atoms with Crippen molar-refractivity contribution in [2.24, 2.45) is 0 Å². The van der Waals surface area contributed by atoms with E-state index in [-0.39, 0.29) is 18.3 Å². The number of furan rings is 1. The predicted molar refractivity (Wildman–Crippen MR) is 89.2 cm³/mol. The zero-order valence-electron chi connectivity index (χ0n) is 13.2. The molecule has 0 bridgehead atoms. The molecule has 0 fully saturated rings. The van der Waals surface area contributed by atoms with Crippen LogP contribution in [0.25, 0.3) is 0 Å². The van der Waals surface area contributed by atoms with Gasteiger partial charge in [-0.1, -0.05) is 13.3 Å². The van der Waals surface area contributed by atoms with Crippen LogP contribution in [0.4, 0.5) is 5.00 Å². The molecule has 2 aromatic heterocycles. The van der Waals surface area contributed by atoms with Crippen LogP contribution in [0.3, 0.4) is 0 Å². The largest absolute Gasteiger partial charge is 0.459 e. The predicted octanol–water partition coefficient (Wildman–Crippen LogP) is 2.67. The van der Waals surface area contributed by atoms with Crippen molar-refractivity contribution in [2.45, 2.75) is 19.8 Å². The number of unbranched alkanes of at least 4 members (excludes halogenated alkanes) is 1.